The fraction of sp³-hybridized carbons (Fsp3) is 0.600. The molecule has 5 rings (SSSR count). The summed E-state index contributed by atoms with van der Waals surface area (Å²) in [7, 11) is 2.19. The molecule has 0 aliphatic carbocycles. The Labute approximate surface area is 186 Å². The van der Waals surface area contributed by atoms with Gasteiger partial charge in [-0.2, -0.15) is 0 Å². The highest BCUT2D eigenvalue weighted by Gasteiger charge is 2.27. The second kappa shape index (κ2) is 8.75. The Kier molecular flexibility index (Phi) is 5.85. The number of hydrogen-bond acceptors (Lipinski definition) is 6. The van der Waals surface area contributed by atoms with Crippen LogP contribution >= 0.6 is 0 Å². The van der Waals surface area contributed by atoms with E-state index in [4.69, 9.17) is 9.97 Å². The average molecular weight is 421 g/mol. The zero-order valence-corrected chi connectivity index (χ0v) is 19.3. The number of likely N-dealkylation sites (N-methyl/N-ethyl adjacent to an activating group) is 1. The van der Waals surface area contributed by atoms with Crippen LogP contribution in [0.1, 0.15) is 48.2 Å². The number of aromatic nitrogens is 2. The number of piperazine rings is 1. The van der Waals surface area contributed by atoms with Crippen LogP contribution in [0.2, 0.25) is 0 Å². The van der Waals surface area contributed by atoms with Crippen LogP contribution in [0.3, 0.4) is 0 Å². The Balaban J connectivity index is 1.40. The molecule has 2 fully saturated rings. The summed E-state index contributed by atoms with van der Waals surface area (Å²) >= 11 is 0. The second-order valence-corrected chi connectivity index (χ2v) is 9.66. The molecule has 4 heterocycles. The van der Waals surface area contributed by atoms with E-state index in [1.54, 1.807) is 0 Å². The largest absolute Gasteiger partial charge is 0.354 e. The molecule has 2 aromatic rings. The molecule has 1 aromatic heterocycles. The van der Waals surface area contributed by atoms with Crippen molar-refractivity contribution in [2.75, 3.05) is 56.1 Å². The molecule has 6 heteroatoms. The number of nitrogens with zero attached hydrogens (tertiary/aromatic N) is 5. The highest BCUT2D eigenvalue weighted by Crippen LogP contribution is 2.33. The summed E-state index contributed by atoms with van der Waals surface area (Å²) in [5, 5.41) is 3.49. The quantitative estimate of drug-likeness (QED) is 0.824. The van der Waals surface area contributed by atoms with Crippen molar-refractivity contribution in [2.45, 2.75) is 51.6 Å². The molecule has 2 saturated heterocycles. The Morgan fingerprint density at radius 2 is 1.68 bits per heavy atom. The molecular weight excluding hydrogens is 384 g/mol. The van der Waals surface area contributed by atoms with E-state index in [0.29, 0.717) is 12.0 Å². The van der Waals surface area contributed by atoms with Gasteiger partial charge in [0.05, 0.1) is 0 Å². The molecule has 3 aliphatic heterocycles. The van der Waals surface area contributed by atoms with Crippen molar-refractivity contribution < 1.29 is 0 Å². The first kappa shape index (κ1) is 20.7. The monoisotopic (exact) mass is 420 g/mol. The van der Waals surface area contributed by atoms with Crippen molar-refractivity contribution in [1.29, 1.82) is 0 Å². The average Bonchev–Trinajstić information content (AvgIpc) is 2.79. The van der Waals surface area contributed by atoms with E-state index in [1.165, 1.54) is 29.5 Å². The third-order valence-electron chi connectivity index (χ3n) is 7.36. The van der Waals surface area contributed by atoms with Crippen LogP contribution in [0, 0.1) is 6.92 Å². The molecule has 1 aromatic carbocycles. The lowest BCUT2D eigenvalue weighted by Gasteiger charge is -2.38. The molecule has 1 atom stereocenters. The van der Waals surface area contributed by atoms with Crippen molar-refractivity contribution in [3.8, 4) is 0 Å². The van der Waals surface area contributed by atoms with E-state index in [9.17, 15) is 0 Å². The molecule has 31 heavy (non-hydrogen) atoms. The van der Waals surface area contributed by atoms with E-state index in [2.05, 4.69) is 58.3 Å². The molecule has 0 amide bonds. The predicted octanol–water partition coefficient (Wildman–Crippen LogP) is 2.96. The number of rotatable bonds is 3. The Bertz CT molecular complexity index is 914. The van der Waals surface area contributed by atoms with Gasteiger partial charge in [0.15, 0.2) is 0 Å². The summed E-state index contributed by atoms with van der Waals surface area (Å²) in [5.41, 5.74) is 4.50. The normalized spacial score (nSPS) is 23.1. The van der Waals surface area contributed by atoms with Crippen LogP contribution in [-0.2, 0) is 13.0 Å². The van der Waals surface area contributed by atoms with Crippen LogP contribution in [0.5, 0.6) is 0 Å². The summed E-state index contributed by atoms with van der Waals surface area (Å²) in [6.07, 6.45) is 3.57. The molecule has 0 radical (unpaired) electrons. The van der Waals surface area contributed by atoms with Gasteiger partial charge in [-0.25, -0.2) is 9.97 Å². The zero-order valence-electron chi connectivity index (χ0n) is 19.3. The lowest BCUT2D eigenvalue weighted by molar-refractivity contribution is 0.312. The van der Waals surface area contributed by atoms with Crippen LogP contribution in [0.4, 0.5) is 11.6 Å². The van der Waals surface area contributed by atoms with Gasteiger partial charge in [0.25, 0.3) is 0 Å². The third kappa shape index (κ3) is 4.41. The Morgan fingerprint density at radius 1 is 0.935 bits per heavy atom. The van der Waals surface area contributed by atoms with Crippen molar-refractivity contribution >= 4 is 11.6 Å². The maximum atomic E-state index is 4.87. The molecule has 3 aliphatic rings. The summed E-state index contributed by atoms with van der Waals surface area (Å²) in [6, 6.07) is 9.92. The number of fused-ring (bicyclic) bond motifs is 1. The molecule has 0 spiro atoms. The minimum atomic E-state index is 0.437. The number of anilines is 2. The van der Waals surface area contributed by atoms with Crippen LogP contribution < -0.4 is 15.1 Å². The molecule has 1 unspecified atom stereocenters. The van der Waals surface area contributed by atoms with Gasteiger partial charge in [-0.3, -0.25) is 0 Å². The number of benzene rings is 1. The second-order valence-electron chi connectivity index (χ2n) is 9.66. The van der Waals surface area contributed by atoms with Gasteiger partial charge < -0.3 is 20.0 Å². The minimum absolute atomic E-state index is 0.437. The smallest absolute Gasteiger partial charge is 0.134 e. The van der Waals surface area contributed by atoms with E-state index in [1.807, 2.05) is 6.92 Å². The predicted molar refractivity (Wildman–Crippen MR) is 127 cm³/mol. The molecule has 166 valence electrons. The molecule has 0 saturated carbocycles. The lowest BCUT2D eigenvalue weighted by Crippen LogP contribution is -2.45. The maximum Gasteiger partial charge on any atom is 0.134 e. The number of hydrogen-bond donors (Lipinski definition) is 1. The minimum Gasteiger partial charge on any atom is -0.354 e. The first-order valence-electron chi connectivity index (χ1n) is 11.9. The summed E-state index contributed by atoms with van der Waals surface area (Å²) < 4.78 is 0. The highest BCUT2D eigenvalue weighted by molar-refractivity contribution is 5.54. The van der Waals surface area contributed by atoms with Crippen LogP contribution in [-0.4, -0.2) is 67.2 Å². The van der Waals surface area contributed by atoms with Gasteiger partial charge in [-0.05, 0) is 75.9 Å². The Morgan fingerprint density at radius 3 is 2.45 bits per heavy atom. The van der Waals surface area contributed by atoms with Gasteiger partial charge >= 0.3 is 0 Å². The maximum absolute atomic E-state index is 4.87. The third-order valence-corrected chi connectivity index (χ3v) is 7.36. The van der Waals surface area contributed by atoms with Crippen molar-refractivity contribution in [3.05, 3.63) is 46.8 Å². The SMILES string of the molecule is Cc1nc(N2CCN(C)CC2)cc(N2Cc3cc(C4CCNCC4)ccc3CC2C)n1. The van der Waals surface area contributed by atoms with Crippen LogP contribution in [0.15, 0.2) is 24.3 Å². The topological polar surface area (TPSA) is 47.5 Å². The highest BCUT2D eigenvalue weighted by atomic mass is 15.3. The van der Waals surface area contributed by atoms with E-state index < -0.39 is 0 Å². The van der Waals surface area contributed by atoms with Gasteiger partial charge in [0.1, 0.15) is 17.5 Å². The van der Waals surface area contributed by atoms with E-state index in [0.717, 1.165) is 69.7 Å². The standard InChI is InChI=1S/C25H36N6/c1-18-14-21-4-5-22(20-6-8-26-9-7-20)15-23(21)17-31(18)25-16-24(27-19(2)28-25)30-12-10-29(3)11-13-30/h4-5,15-16,18,20,26H,6-14,17H2,1-3H3. The fourth-order valence-electron chi connectivity index (χ4n) is 5.36. The molecule has 1 N–H and O–H groups in total. The number of piperidine rings is 1. The van der Waals surface area contributed by atoms with Crippen molar-refractivity contribution in [3.63, 3.8) is 0 Å². The fourth-order valence-corrected chi connectivity index (χ4v) is 5.36. The summed E-state index contributed by atoms with van der Waals surface area (Å²) in [4.78, 5) is 16.9. The zero-order chi connectivity index (χ0) is 21.4. The molecular formula is C25H36N6. The summed E-state index contributed by atoms with van der Waals surface area (Å²) in [6.45, 7) is 11.8. The number of nitrogens with one attached hydrogen (secondary N) is 1. The first-order valence-corrected chi connectivity index (χ1v) is 11.9. The molecule has 0 bridgehead atoms. The van der Waals surface area contributed by atoms with Crippen molar-refractivity contribution in [1.82, 2.24) is 20.2 Å². The van der Waals surface area contributed by atoms with E-state index in [-0.39, 0.29) is 0 Å². The van der Waals surface area contributed by atoms with Gasteiger partial charge in [0.2, 0.25) is 0 Å². The van der Waals surface area contributed by atoms with Gasteiger partial charge in [0, 0.05) is 44.8 Å². The lowest BCUT2D eigenvalue weighted by atomic mass is 9.86. The Hall–Kier alpha value is -2.18. The number of aryl methyl sites for hydroxylation is 1. The molecule has 6 nitrogen and oxygen atoms in total. The first-order chi connectivity index (χ1) is 15.1. The van der Waals surface area contributed by atoms with Gasteiger partial charge in [-0.1, -0.05) is 18.2 Å². The van der Waals surface area contributed by atoms with E-state index >= 15 is 0 Å². The van der Waals surface area contributed by atoms with Crippen LogP contribution in [0.25, 0.3) is 0 Å². The van der Waals surface area contributed by atoms with Crippen molar-refractivity contribution in [2.24, 2.45) is 0 Å². The van der Waals surface area contributed by atoms with Gasteiger partial charge in [-0.15, -0.1) is 0 Å². The summed E-state index contributed by atoms with van der Waals surface area (Å²) in [5.74, 6) is 3.72.